The number of hydrogen-bond acceptors (Lipinski definition) is 4. The van der Waals surface area contributed by atoms with Crippen molar-refractivity contribution in [3.63, 3.8) is 0 Å². The van der Waals surface area contributed by atoms with Gasteiger partial charge in [-0.05, 0) is 49.6 Å². The van der Waals surface area contributed by atoms with E-state index in [4.69, 9.17) is 17.3 Å². The van der Waals surface area contributed by atoms with E-state index in [1.807, 2.05) is 12.3 Å². The van der Waals surface area contributed by atoms with E-state index in [-0.39, 0.29) is 0 Å². The third kappa shape index (κ3) is 3.55. The van der Waals surface area contributed by atoms with Gasteiger partial charge >= 0.3 is 0 Å². The van der Waals surface area contributed by atoms with Crippen molar-refractivity contribution in [3.8, 4) is 0 Å². The molecule has 2 heterocycles. The molecule has 140 valence electrons. The minimum absolute atomic E-state index is 0.629. The highest BCUT2D eigenvalue weighted by atomic mass is 35.5. The number of hydrogen-bond donors (Lipinski definition) is 1. The normalized spacial score (nSPS) is 20.0. The van der Waals surface area contributed by atoms with Crippen LogP contribution in [0.25, 0.3) is 10.9 Å². The molecule has 26 heavy (non-hydrogen) atoms. The molecule has 4 nitrogen and oxygen atoms in total. The summed E-state index contributed by atoms with van der Waals surface area (Å²) in [7, 11) is 0. The lowest BCUT2D eigenvalue weighted by Crippen LogP contribution is -2.51. The van der Waals surface area contributed by atoms with Crippen molar-refractivity contribution in [1.29, 1.82) is 0 Å². The Morgan fingerprint density at radius 2 is 1.88 bits per heavy atom. The first-order chi connectivity index (χ1) is 12.8. The third-order valence-corrected chi connectivity index (χ3v) is 6.34. The molecular weight excluding hydrogens is 344 g/mol. The Bertz CT molecular complexity index is 749. The number of fused-ring (bicyclic) bond motifs is 1. The second-order valence-electron chi connectivity index (χ2n) is 7.62. The van der Waals surface area contributed by atoms with Gasteiger partial charge in [-0.3, -0.25) is 9.88 Å². The number of benzene rings is 1. The molecule has 1 aliphatic heterocycles. The van der Waals surface area contributed by atoms with E-state index in [1.165, 1.54) is 43.4 Å². The van der Waals surface area contributed by atoms with Crippen LogP contribution in [0.2, 0.25) is 5.02 Å². The standard InChI is InChI=1S/C21H29ClN4/c22-19-15-16(8-9-23)21(20-18(19)7-4-10-24-20)26-13-11-25(12-14-26)17-5-2-1-3-6-17/h4,7,10,15,17H,1-3,5-6,8-9,11-14,23H2. The van der Waals surface area contributed by atoms with Gasteiger partial charge < -0.3 is 10.6 Å². The average molecular weight is 373 g/mol. The number of nitrogens with two attached hydrogens (primary N) is 1. The number of aromatic nitrogens is 1. The molecule has 0 bridgehead atoms. The lowest BCUT2D eigenvalue weighted by Gasteiger charge is -2.42. The molecule has 1 saturated carbocycles. The molecule has 2 fully saturated rings. The fourth-order valence-electron chi connectivity index (χ4n) is 4.69. The molecule has 1 aromatic carbocycles. The van der Waals surface area contributed by atoms with Crippen molar-refractivity contribution in [2.45, 2.75) is 44.6 Å². The first kappa shape index (κ1) is 18.0. The predicted molar refractivity (Wildman–Crippen MR) is 110 cm³/mol. The summed E-state index contributed by atoms with van der Waals surface area (Å²) < 4.78 is 0. The quantitative estimate of drug-likeness (QED) is 0.885. The maximum atomic E-state index is 6.53. The van der Waals surface area contributed by atoms with Crippen molar-refractivity contribution in [3.05, 3.63) is 35.0 Å². The van der Waals surface area contributed by atoms with Gasteiger partial charge in [-0.25, -0.2) is 0 Å². The summed E-state index contributed by atoms with van der Waals surface area (Å²) in [5.41, 5.74) is 9.39. The molecule has 1 saturated heterocycles. The highest BCUT2D eigenvalue weighted by Crippen LogP contribution is 2.35. The first-order valence-electron chi connectivity index (χ1n) is 10.0. The highest BCUT2D eigenvalue weighted by Gasteiger charge is 2.27. The van der Waals surface area contributed by atoms with Crippen molar-refractivity contribution in [2.24, 2.45) is 5.73 Å². The van der Waals surface area contributed by atoms with Crippen molar-refractivity contribution in [1.82, 2.24) is 9.88 Å². The largest absolute Gasteiger partial charge is 0.367 e. The topological polar surface area (TPSA) is 45.4 Å². The molecular formula is C21H29ClN4. The number of nitrogens with zero attached hydrogens (tertiary/aromatic N) is 3. The molecule has 0 unspecified atom stereocenters. The summed E-state index contributed by atoms with van der Waals surface area (Å²) in [5, 5.41) is 1.82. The average Bonchev–Trinajstić information content (AvgIpc) is 2.70. The highest BCUT2D eigenvalue weighted by molar-refractivity contribution is 6.36. The predicted octanol–water partition coefficient (Wildman–Crippen LogP) is 3.84. The summed E-state index contributed by atoms with van der Waals surface area (Å²) in [4.78, 5) is 9.91. The molecule has 4 rings (SSSR count). The van der Waals surface area contributed by atoms with E-state index in [0.717, 1.165) is 54.6 Å². The maximum absolute atomic E-state index is 6.53. The van der Waals surface area contributed by atoms with E-state index in [2.05, 4.69) is 26.9 Å². The molecule has 2 N–H and O–H groups in total. The van der Waals surface area contributed by atoms with E-state index in [0.29, 0.717) is 6.54 Å². The van der Waals surface area contributed by atoms with Crippen LogP contribution in [0.4, 0.5) is 5.69 Å². The second kappa shape index (κ2) is 8.12. The van der Waals surface area contributed by atoms with Gasteiger partial charge in [0.05, 0.1) is 16.2 Å². The number of rotatable bonds is 4. The Hall–Kier alpha value is -1.36. The zero-order valence-corrected chi connectivity index (χ0v) is 16.2. The summed E-state index contributed by atoms with van der Waals surface area (Å²) >= 11 is 6.53. The lowest BCUT2D eigenvalue weighted by atomic mass is 9.93. The molecule has 0 radical (unpaired) electrons. The SMILES string of the molecule is NCCc1cc(Cl)c2cccnc2c1N1CCN(C2CCCCC2)CC1. The minimum Gasteiger partial charge on any atom is -0.367 e. The van der Waals surface area contributed by atoms with Gasteiger partial charge in [0, 0.05) is 43.8 Å². The Morgan fingerprint density at radius 1 is 1.12 bits per heavy atom. The van der Waals surface area contributed by atoms with Gasteiger partial charge in [-0.2, -0.15) is 0 Å². The van der Waals surface area contributed by atoms with Gasteiger partial charge in [0.15, 0.2) is 0 Å². The molecule has 2 aliphatic rings. The Kier molecular flexibility index (Phi) is 5.63. The Labute approximate surface area is 161 Å². The molecule has 5 heteroatoms. The van der Waals surface area contributed by atoms with Crippen LogP contribution >= 0.6 is 11.6 Å². The van der Waals surface area contributed by atoms with Crippen molar-refractivity contribution < 1.29 is 0 Å². The van der Waals surface area contributed by atoms with Crippen LogP contribution < -0.4 is 10.6 Å². The fourth-order valence-corrected chi connectivity index (χ4v) is 4.98. The molecule has 0 amide bonds. The molecule has 1 aromatic heterocycles. The van der Waals surface area contributed by atoms with Crippen LogP contribution in [0, 0.1) is 0 Å². The molecule has 0 atom stereocenters. The van der Waals surface area contributed by atoms with E-state index >= 15 is 0 Å². The summed E-state index contributed by atoms with van der Waals surface area (Å²) in [5.74, 6) is 0. The smallest absolute Gasteiger partial charge is 0.0953 e. The summed E-state index contributed by atoms with van der Waals surface area (Å²) in [6.45, 7) is 5.03. The fraction of sp³-hybridized carbons (Fsp3) is 0.571. The maximum Gasteiger partial charge on any atom is 0.0953 e. The van der Waals surface area contributed by atoms with Crippen LogP contribution in [-0.2, 0) is 6.42 Å². The van der Waals surface area contributed by atoms with Crippen molar-refractivity contribution in [2.75, 3.05) is 37.6 Å². The van der Waals surface area contributed by atoms with Gasteiger partial charge in [0.25, 0.3) is 0 Å². The number of anilines is 1. The van der Waals surface area contributed by atoms with Gasteiger partial charge in [-0.15, -0.1) is 0 Å². The van der Waals surface area contributed by atoms with Gasteiger partial charge in [-0.1, -0.05) is 30.9 Å². The number of piperazine rings is 1. The third-order valence-electron chi connectivity index (χ3n) is 6.03. The monoisotopic (exact) mass is 372 g/mol. The van der Waals surface area contributed by atoms with E-state index in [1.54, 1.807) is 0 Å². The van der Waals surface area contributed by atoms with Crippen LogP contribution in [0.15, 0.2) is 24.4 Å². The Morgan fingerprint density at radius 3 is 2.62 bits per heavy atom. The van der Waals surface area contributed by atoms with Crippen LogP contribution in [0.1, 0.15) is 37.7 Å². The zero-order chi connectivity index (χ0) is 17.9. The molecule has 2 aromatic rings. The van der Waals surface area contributed by atoms with E-state index < -0.39 is 0 Å². The lowest BCUT2D eigenvalue weighted by molar-refractivity contribution is 0.148. The summed E-state index contributed by atoms with van der Waals surface area (Å²) in [6, 6.07) is 6.93. The Balaban J connectivity index is 1.60. The van der Waals surface area contributed by atoms with Crippen LogP contribution in [-0.4, -0.2) is 48.6 Å². The number of pyridine rings is 1. The molecule has 1 aliphatic carbocycles. The first-order valence-corrected chi connectivity index (χ1v) is 10.4. The number of halogens is 1. The van der Waals surface area contributed by atoms with Crippen LogP contribution in [0.5, 0.6) is 0 Å². The van der Waals surface area contributed by atoms with Crippen LogP contribution in [0.3, 0.4) is 0 Å². The van der Waals surface area contributed by atoms with Gasteiger partial charge in [0.1, 0.15) is 0 Å². The van der Waals surface area contributed by atoms with Gasteiger partial charge in [0.2, 0.25) is 0 Å². The van der Waals surface area contributed by atoms with E-state index in [9.17, 15) is 0 Å². The molecule has 0 spiro atoms. The van der Waals surface area contributed by atoms with Crippen molar-refractivity contribution >= 4 is 28.2 Å². The summed E-state index contributed by atoms with van der Waals surface area (Å²) in [6.07, 6.45) is 9.68. The minimum atomic E-state index is 0.629. The second-order valence-corrected chi connectivity index (χ2v) is 8.03. The zero-order valence-electron chi connectivity index (χ0n) is 15.5.